The van der Waals surface area contributed by atoms with Crippen molar-refractivity contribution < 1.29 is 0 Å². The molecule has 1 saturated heterocycles. The molecule has 25 heavy (non-hydrogen) atoms. The molecule has 134 valence electrons. The van der Waals surface area contributed by atoms with Gasteiger partial charge < -0.3 is 10.2 Å². The number of pyridine rings is 1. The number of hydrogen-bond acceptors (Lipinski definition) is 6. The average molecular weight is 378 g/mol. The first kappa shape index (κ1) is 17.0. The molecule has 1 N–H and O–H groups in total. The van der Waals surface area contributed by atoms with E-state index in [2.05, 4.69) is 46.2 Å². The summed E-state index contributed by atoms with van der Waals surface area (Å²) in [5.41, 5.74) is 1.93. The Morgan fingerprint density at radius 2 is 1.96 bits per heavy atom. The second-order valence-electron chi connectivity index (χ2n) is 7.60. The first-order chi connectivity index (χ1) is 12.0. The molecule has 2 bridgehead atoms. The molecule has 4 rings (SSSR count). The van der Waals surface area contributed by atoms with Crippen LogP contribution in [0.15, 0.2) is 12.3 Å². The second kappa shape index (κ2) is 6.72. The SMILES string of the molecule is CC(C)Nc1cc(Cl)ncc1-c1nnc(N2C[C@H]3CC[C@@H](C2)[C@@H]3C)s1. The molecule has 2 fully saturated rings. The molecular weight excluding hydrogens is 354 g/mol. The van der Waals surface area contributed by atoms with E-state index in [-0.39, 0.29) is 0 Å². The number of piperidine rings is 1. The van der Waals surface area contributed by atoms with Crippen LogP contribution in [0.3, 0.4) is 0 Å². The highest BCUT2D eigenvalue weighted by Gasteiger charge is 2.40. The minimum atomic E-state index is 0.309. The summed E-state index contributed by atoms with van der Waals surface area (Å²) in [7, 11) is 0. The zero-order valence-corrected chi connectivity index (χ0v) is 16.4. The highest BCUT2D eigenvalue weighted by atomic mass is 35.5. The Morgan fingerprint density at radius 1 is 1.24 bits per heavy atom. The summed E-state index contributed by atoms with van der Waals surface area (Å²) in [6.07, 6.45) is 4.51. The van der Waals surface area contributed by atoms with Crippen molar-refractivity contribution in [1.82, 2.24) is 15.2 Å². The third-order valence-electron chi connectivity index (χ3n) is 5.54. The number of hydrogen-bond donors (Lipinski definition) is 1. The van der Waals surface area contributed by atoms with Crippen LogP contribution in [0, 0.1) is 17.8 Å². The van der Waals surface area contributed by atoms with Crippen molar-refractivity contribution in [2.75, 3.05) is 23.3 Å². The van der Waals surface area contributed by atoms with Crippen LogP contribution < -0.4 is 10.2 Å². The Balaban J connectivity index is 1.60. The fourth-order valence-electron chi connectivity index (χ4n) is 4.13. The number of nitrogens with one attached hydrogen (secondary N) is 1. The lowest BCUT2D eigenvalue weighted by atomic mass is 9.87. The Bertz CT molecular complexity index is 748. The molecule has 1 aliphatic carbocycles. The molecule has 5 nitrogen and oxygen atoms in total. The molecule has 0 amide bonds. The maximum atomic E-state index is 6.08. The lowest BCUT2D eigenvalue weighted by Gasteiger charge is -2.35. The lowest BCUT2D eigenvalue weighted by Crippen LogP contribution is -2.40. The summed E-state index contributed by atoms with van der Waals surface area (Å²) in [6.45, 7) is 8.85. The highest BCUT2D eigenvalue weighted by Crippen LogP contribution is 2.44. The molecule has 0 unspecified atom stereocenters. The average Bonchev–Trinajstić information content (AvgIpc) is 3.09. The van der Waals surface area contributed by atoms with E-state index in [0.29, 0.717) is 11.2 Å². The van der Waals surface area contributed by atoms with Crippen molar-refractivity contribution in [2.24, 2.45) is 17.8 Å². The largest absolute Gasteiger partial charge is 0.382 e. The zero-order chi connectivity index (χ0) is 17.6. The monoisotopic (exact) mass is 377 g/mol. The van der Waals surface area contributed by atoms with Crippen LogP contribution in [0.2, 0.25) is 5.15 Å². The first-order valence-corrected chi connectivity index (χ1v) is 10.2. The molecule has 7 heteroatoms. The maximum absolute atomic E-state index is 6.08. The van der Waals surface area contributed by atoms with Gasteiger partial charge in [-0.05, 0) is 50.5 Å². The van der Waals surface area contributed by atoms with Crippen LogP contribution in [-0.2, 0) is 0 Å². The second-order valence-corrected chi connectivity index (χ2v) is 8.95. The molecular formula is C18H24ClN5S. The van der Waals surface area contributed by atoms with Gasteiger partial charge in [0.2, 0.25) is 5.13 Å². The van der Waals surface area contributed by atoms with E-state index in [1.54, 1.807) is 17.5 Å². The molecule has 0 spiro atoms. The normalized spacial score (nSPS) is 25.6. The summed E-state index contributed by atoms with van der Waals surface area (Å²) >= 11 is 7.73. The number of rotatable bonds is 4. The third-order valence-corrected chi connectivity index (χ3v) is 6.76. The van der Waals surface area contributed by atoms with E-state index in [4.69, 9.17) is 11.6 Å². The fraction of sp³-hybridized carbons (Fsp3) is 0.611. The molecule has 2 aliphatic rings. The van der Waals surface area contributed by atoms with E-state index in [1.807, 2.05) is 6.07 Å². The predicted molar refractivity (Wildman–Crippen MR) is 104 cm³/mol. The zero-order valence-electron chi connectivity index (χ0n) is 14.9. The number of nitrogens with zero attached hydrogens (tertiary/aromatic N) is 4. The van der Waals surface area contributed by atoms with E-state index in [0.717, 1.165) is 52.2 Å². The first-order valence-electron chi connectivity index (χ1n) is 9.02. The van der Waals surface area contributed by atoms with Gasteiger partial charge in [0.15, 0.2) is 5.01 Å². The van der Waals surface area contributed by atoms with Gasteiger partial charge in [0.25, 0.3) is 0 Å². The van der Waals surface area contributed by atoms with Gasteiger partial charge in [0.1, 0.15) is 5.15 Å². The number of halogens is 1. The number of anilines is 2. The maximum Gasteiger partial charge on any atom is 0.208 e. The van der Waals surface area contributed by atoms with Crippen LogP contribution in [0.1, 0.15) is 33.6 Å². The van der Waals surface area contributed by atoms with Gasteiger partial charge in [-0.15, -0.1) is 10.2 Å². The summed E-state index contributed by atoms with van der Waals surface area (Å²) < 4.78 is 0. The minimum Gasteiger partial charge on any atom is -0.382 e. The fourth-order valence-corrected chi connectivity index (χ4v) is 5.18. The van der Waals surface area contributed by atoms with Crippen molar-refractivity contribution in [2.45, 2.75) is 39.7 Å². The van der Waals surface area contributed by atoms with Crippen LogP contribution in [0.25, 0.3) is 10.6 Å². The van der Waals surface area contributed by atoms with Crippen LogP contribution in [0.4, 0.5) is 10.8 Å². The molecule has 0 radical (unpaired) electrons. The van der Waals surface area contributed by atoms with Gasteiger partial charge >= 0.3 is 0 Å². The van der Waals surface area contributed by atoms with E-state index in [9.17, 15) is 0 Å². The molecule has 1 saturated carbocycles. The van der Waals surface area contributed by atoms with Crippen molar-refractivity contribution >= 4 is 33.8 Å². The summed E-state index contributed by atoms with van der Waals surface area (Å²) in [5.74, 6) is 2.47. The van der Waals surface area contributed by atoms with Gasteiger partial charge in [-0.3, -0.25) is 0 Å². The van der Waals surface area contributed by atoms with Gasteiger partial charge in [-0.1, -0.05) is 29.9 Å². The Morgan fingerprint density at radius 3 is 2.64 bits per heavy atom. The van der Waals surface area contributed by atoms with E-state index < -0.39 is 0 Å². The van der Waals surface area contributed by atoms with E-state index >= 15 is 0 Å². The standard InChI is InChI=1S/C18H24ClN5S/c1-10(2)21-15-6-16(19)20-7-14(15)17-22-23-18(25-17)24-8-12-4-5-13(9-24)11(12)3/h6-7,10-13H,4-5,8-9H2,1-3H3,(H,20,21)/t11-,12-,13+. The molecule has 2 aromatic heterocycles. The van der Waals surface area contributed by atoms with Crippen molar-refractivity contribution in [3.8, 4) is 10.6 Å². The van der Waals surface area contributed by atoms with Crippen molar-refractivity contribution in [3.63, 3.8) is 0 Å². The Kier molecular flexibility index (Phi) is 4.58. The molecule has 0 aromatic carbocycles. The summed E-state index contributed by atoms with van der Waals surface area (Å²) in [6, 6.07) is 2.17. The summed E-state index contributed by atoms with van der Waals surface area (Å²) in [4.78, 5) is 6.67. The van der Waals surface area contributed by atoms with Crippen molar-refractivity contribution in [3.05, 3.63) is 17.4 Å². The molecule has 2 aromatic rings. The molecule has 3 atom stereocenters. The number of fused-ring (bicyclic) bond motifs is 2. The third kappa shape index (κ3) is 3.34. The van der Waals surface area contributed by atoms with Crippen molar-refractivity contribution in [1.29, 1.82) is 0 Å². The topological polar surface area (TPSA) is 53.9 Å². The molecule has 3 heterocycles. The van der Waals surface area contributed by atoms with Crippen LogP contribution in [-0.4, -0.2) is 34.3 Å². The highest BCUT2D eigenvalue weighted by molar-refractivity contribution is 7.18. The Labute approximate surface area is 157 Å². The Hall–Kier alpha value is -1.40. The lowest BCUT2D eigenvalue weighted by molar-refractivity contribution is 0.295. The van der Waals surface area contributed by atoms with Gasteiger partial charge in [0.05, 0.1) is 5.56 Å². The number of aromatic nitrogens is 3. The minimum absolute atomic E-state index is 0.309. The quantitative estimate of drug-likeness (QED) is 0.792. The summed E-state index contributed by atoms with van der Waals surface area (Å²) in [5, 5.41) is 14.8. The predicted octanol–water partition coefficient (Wildman–Crippen LogP) is 4.56. The van der Waals surface area contributed by atoms with Gasteiger partial charge in [-0.2, -0.15) is 0 Å². The van der Waals surface area contributed by atoms with Gasteiger partial charge in [0, 0.05) is 31.0 Å². The molecule has 1 aliphatic heterocycles. The smallest absolute Gasteiger partial charge is 0.208 e. The van der Waals surface area contributed by atoms with Crippen LogP contribution in [0.5, 0.6) is 0 Å². The van der Waals surface area contributed by atoms with Crippen LogP contribution >= 0.6 is 22.9 Å². The van der Waals surface area contributed by atoms with Gasteiger partial charge in [-0.25, -0.2) is 4.98 Å². The van der Waals surface area contributed by atoms with E-state index in [1.165, 1.54) is 12.8 Å².